The van der Waals surface area contributed by atoms with Gasteiger partial charge in [-0.3, -0.25) is 4.79 Å². The van der Waals surface area contributed by atoms with E-state index in [-0.39, 0.29) is 24.5 Å². The summed E-state index contributed by atoms with van der Waals surface area (Å²) in [5, 5.41) is 5.58. The first-order chi connectivity index (χ1) is 10.1. The molecule has 0 unspecified atom stereocenters. The van der Waals surface area contributed by atoms with E-state index in [2.05, 4.69) is 15.4 Å². The van der Waals surface area contributed by atoms with E-state index in [1.807, 2.05) is 0 Å². The number of urea groups is 1. The predicted molar refractivity (Wildman–Crippen MR) is 78.3 cm³/mol. The fourth-order valence-electron chi connectivity index (χ4n) is 2.11. The fraction of sp³-hybridized carbons (Fsp3) is 0.467. The molecule has 1 fully saturated rings. The molecule has 0 aromatic heterocycles. The third-order valence-corrected chi connectivity index (χ3v) is 3.47. The molecule has 1 aromatic carbocycles. The van der Waals surface area contributed by atoms with E-state index in [1.54, 1.807) is 31.4 Å². The standard InChI is InChI=1S/C15H20N2O4/c1-20-12-7-5-11(6-8-12)16-15(19)17-13(10-3-4-10)9-14(18)21-2/h5-8,10,13H,3-4,9H2,1-2H3,(H2,16,17,19)/t13-/m0/s1. The van der Waals surface area contributed by atoms with E-state index in [4.69, 9.17) is 4.74 Å². The number of hydrogen-bond donors (Lipinski definition) is 2. The summed E-state index contributed by atoms with van der Waals surface area (Å²) in [5.41, 5.74) is 0.668. The van der Waals surface area contributed by atoms with E-state index in [0.717, 1.165) is 18.6 Å². The first-order valence-electron chi connectivity index (χ1n) is 6.90. The molecule has 1 saturated carbocycles. The Bertz CT molecular complexity index is 497. The number of carbonyl (C=O) groups excluding carboxylic acids is 2. The minimum Gasteiger partial charge on any atom is -0.497 e. The highest BCUT2D eigenvalue weighted by Gasteiger charge is 2.34. The lowest BCUT2D eigenvalue weighted by molar-refractivity contribution is -0.141. The second-order valence-electron chi connectivity index (χ2n) is 5.05. The zero-order chi connectivity index (χ0) is 15.2. The van der Waals surface area contributed by atoms with Gasteiger partial charge in [0, 0.05) is 11.7 Å². The Kier molecular flexibility index (Phi) is 5.03. The number of amides is 2. The lowest BCUT2D eigenvalue weighted by atomic mass is 10.1. The van der Waals surface area contributed by atoms with Gasteiger partial charge in [0.05, 0.1) is 20.6 Å². The van der Waals surface area contributed by atoms with Crippen LogP contribution >= 0.6 is 0 Å². The number of nitrogens with one attached hydrogen (secondary N) is 2. The number of benzene rings is 1. The molecule has 0 aliphatic heterocycles. The Balaban J connectivity index is 1.87. The van der Waals surface area contributed by atoms with Crippen molar-refractivity contribution in [3.05, 3.63) is 24.3 Å². The maximum Gasteiger partial charge on any atom is 0.319 e. The lowest BCUT2D eigenvalue weighted by Crippen LogP contribution is -2.40. The fourth-order valence-corrected chi connectivity index (χ4v) is 2.11. The van der Waals surface area contributed by atoms with Crippen molar-refractivity contribution in [2.24, 2.45) is 5.92 Å². The summed E-state index contributed by atoms with van der Waals surface area (Å²) in [4.78, 5) is 23.3. The SMILES string of the molecule is COC(=O)C[C@H](NC(=O)Nc1ccc(OC)cc1)C1CC1. The normalized spacial score (nSPS) is 15.0. The summed E-state index contributed by atoms with van der Waals surface area (Å²) in [5.74, 6) is 0.782. The van der Waals surface area contributed by atoms with Crippen molar-refractivity contribution in [2.75, 3.05) is 19.5 Å². The molecule has 0 heterocycles. The number of rotatable bonds is 6. The van der Waals surface area contributed by atoms with Gasteiger partial charge >= 0.3 is 12.0 Å². The molecule has 0 bridgehead atoms. The Labute approximate surface area is 123 Å². The van der Waals surface area contributed by atoms with Crippen LogP contribution in [-0.2, 0) is 9.53 Å². The number of esters is 1. The summed E-state index contributed by atoms with van der Waals surface area (Å²) >= 11 is 0. The van der Waals surface area contributed by atoms with Crippen LogP contribution < -0.4 is 15.4 Å². The zero-order valence-electron chi connectivity index (χ0n) is 12.2. The molecular formula is C15H20N2O4. The van der Waals surface area contributed by atoms with Crippen LogP contribution in [0.1, 0.15) is 19.3 Å². The van der Waals surface area contributed by atoms with Crippen LogP contribution in [0, 0.1) is 5.92 Å². The maximum atomic E-state index is 12.0. The van der Waals surface area contributed by atoms with E-state index in [9.17, 15) is 9.59 Å². The molecule has 0 saturated heterocycles. The minimum atomic E-state index is -0.319. The molecule has 2 N–H and O–H groups in total. The number of hydrogen-bond acceptors (Lipinski definition) is 4. The van der Waals surface area contributed by atoms with Crippen LogP contribution in [0.15, 0.2) is 24.3 Å². The van der Waals surface area contributed by atoms with Crippen molar-refractivity contribution >= 4 is 17.7 Å². The van der Waals surface area contributed by atoms with Gasteiger partial charge in [-0.05, 0) is 43.0 Å². The van der Waals surface area contributed by atoms with E-state index >= 15 is 0 Å². The Morgan fingerprint density at radius 1 is 1.24 bits per heavy atom. The van der Waals surface area contributed by atoms with Crippen molar-refractivity contribution in [3.63, 3.8) is 0 Å². The van der Waals surface area contributed by atoms with Gasteiger partial charge in [0.2, 0.25) is 0 Å². The van der Waals surface area contributed by atoms with E-state index < -0.39 is 0 Å². The van der Waals surface area contributed by atoms with Crippen molar-refractivity contribution in [1.29, 1.82) is 0 Å². The van der Waals surface area contributed by atoms with E-state index in [1.165, 1.54) is 7.11 Å². The lowest BCUT2D eigenvalue weighted by Gasteiger charge is -2.17. The van der Waals surface area contributed by atoms with Crippen LogP contribution in [0.2, 0.25) is 0 Å². The molecule has 2 amide bonds. The number of anilines is 1. The van der Waals surface area contributed by atoms with Gasteiger partial charge < -0.3 is 20.1 Å². The van der Waals surface area contributed by atoms with Gasteiger partial charge in [-0.1, -0.05) is 0 Å². The van der Waals surface area contributed by atoms with Crippen molar-refractivity contribution in [2.45, 2.75) is 25.3 Å². The third kappa shape index (κ3) is 4.66. The first-order valence-corrected chi connectivity index (χ1v) is 6.90. The highest BCUT2D eigenvalue weighted by atomic mass is 16.5. The highest BCUT2D eigenvalue weighted by molar-refractivity contribution is 5.89. The molecule has 0 spiro atoms. The molecular weight excluding hydrogens is 272 g/mol. The molecule has 21 heavy (non-hydrogen) atoms. The van der Waals surface area contributed by atoms with Crippen LogP contribution in [0.25, 0.3) is 0 Å². The maximum absolute atomic E-state index is 12.0. The molecule has 0 radical (unpaired) electrons. The first kappa shape index (κ1) is 15.2. The molecule has 1 aromatic rings. The monoisotopic (exact) mass is 292 g/mol. The molecule has 6 nitrogen and oxygen atoms in total. The Hall–Kier alpha value is -2.24. The minimum absolute atomic E-state index is 0.171. The molecule has 114 valence electrons. The van der Waals surface area contributed by atoms with Gasteiger partial charge in [0.1, 0.15) is 5.75 Å². The van der Waals surface area contributed by atoms with Gasteiger partial charge in [0.15, 0.2) is 0 Å². The van der Waals surface area contributed by atoms with Crippen LogP contribution in [-0.4, -0.2) is 32.3 Å². The predicted octanol–water partition coefficient (Wildman–Crippen LogP) is 2.16. The van der Waals surface area contributed by atoms with E-state index in [0.29, 0.717) is 11.6 Å². The molecule has 1 aliphatic rings. The van der Waals surface area contributed by atoms with Crippen LogP contribution in [0.5, 0.6) is 5.75 Å². The highest BCUT2D eigenvalue weighted by Crippen LogP contribution is 2.34. The molecule has 2 rings (SSSR count). The molecule has 1 atom stereocenters. The van der Waals surface area contributed by atoms with Gasteiger partial charge in [-0.15, -0.1) is 0 Å². The topological polar surface area (TPSA) is 76.7 Å². The summed E-state index contributed by atoms with van der Waals surface area (Å²) in [6.07, 6.45) is 2.27. The summed E-state index contributed by atoms with van der Waals surface area (Å²) in [7, 11) is 2.94. The molecule has 1 aliphatic carbocycles. The Morgan fingerprint density at radius 3 is 2.43 bits per heavy atom. The second kappa shape index (κ2) is 6.97. The second-order valence-corrected chi connectivity index (χ2v) is 5.05. The summed E-state index contributed by atoms with van der Waals surface area (Å²) in [6, 6.07) is 6.55. The smallest absolute Gasteiger partial charge is 0.319 e. The van der Waals surface area contributed by atoms with Gasteiger partial charge in [0.25, 0.3) is 0 Å². The van der Waals surface area contributed by atoms with Crippen LogP contribution in [0.3, 0.4) is 0 Å². The number of methoxy groups -OCH3 is 2. The largest absolute Gasteiger partial charge is 0.497 e. The zero-order valence-corrected chi connectivity index (χ0v) is 12.2. The summed E-state index contributed by atoms with van der Waals surface area (Å²) in [6.45, 7) is 0. The third-order valence-electron chi connectivity index (χ3n) is 3.47. The summed E-state index contributed by atoms with van der Waals surface area (Å²) < 4.78 is 9.71. The molecule has 6 heteroatoms. The number of ether oxygens (including phenoxy) is 2. The average Bonchev–Trinajstić information content (AvgIpc) is 3.31. The van der Waals surface area contributed by atoms with Crippen LogP contribution in [0.4, 0.5) is 10.5 Å². The quantitative estimate of drug-likeness (QED) is 0.788. The Morgan fingerprint density at radius 2 is 1.90 bits per heavy atom. The average molecular weight is 292 g/mol. The van der Waals surface area contributed by atoms with Gasteiger partial charge in [-0.2, -0.15) is 0 Å². The van der Waals surface area contributed by atoms with Gasteiger partial charge in [-0.25, -0.2) is 4.79 Å². The van der Waals surface area contributed by atoms with Crippen molar-refractivity contribution in [3.8, 4) is 5.75 Å². The number of carbonyl (C=O) groups is 2. The van der Waals surface area contributed by atoms with Crippen molar-refractivity contribution in [1.82, 2.24) is 5.32 Å². The van der Waals surface area contributed by atoms with Crippen molar-refractivity contribution < 1.29 is 19.1 Å².